The number of nitrogens with one attached hydrogen (secondary N) is 1. The van der Waals surface area contributed by atoms with Crippen molar-refractivity contribution in [2.24, 2.45) is 0 Å². The van der Waals surface area contributed by atoms with Crippen molar-refractivity contribution < 1.29 is 27.5 Å². The van der Waals surface area contributed by atoms with Crippen molar-refractivity contribution in [3.8, 4) is 0 Å². The van der Waals surface area contributed by atoms with Crippen LogP contribution in [0, 0.1) is 6.92 Å². The van der Waals surface area contributed by atoms with Gasteiger partial charge >= 0.3 is 5.97 Å². The fourth-order valence-electron chi connectivity index (χ4n) is 4.20. The highest BCUT2D eigenvalue weighted by Crippen LogP contribution is 2.23. The van der Waals surface area contributed by atoms with Crippen LogP contribution in [0.1, 0.15) is 24.0 Å². The van der Waals surface area contributed by atoms with Gasteiger partial charge in [0.25, 0.3) is 5.91 Å². The number of ether oxygens (including phenoxy) is 1. The summed E-state index contributed by atoms with van der Waals surface area (Å²) in [6, 6.07) is 20.3. The Balaban J connectivity index is 1.18. The van der Waals surface area contributed by atoms with Gasteiger partial charge in [0, 0.05) is 39.1 Å². The first kappa shape index (κ1) is 27.3. The summed E-state index contributed by atoms with van der Waals surface area (Å²) in [5.74, 6) is -1.32. The normalized spacial score (nSPS) is 14.3. The molecule has 1 N–H and O–H groups in total. The van der Waals surface area contributed by atoms with Crippen LogP contribution in [0.25, 0.3) is 10.8 Å². The van der Waals surface area contributed by atoms with Crippen LogP contribution in [-0.2, 0) is 35.7 Å². The first-order valence-electron chi connectivity index (χ1n) is 12.5. The molecule has 0 bridgehead atoms. The highest BCUT2D eigenvalue weighted by atomic mass is 32.2. The number of benzene rings is 3. The Morgan fingerprint density at radius 2 is 1.55 bits per heavy atom. The Morgan fingerprint density at radius 3 is 2.26 bits per heavy atom. The van der Waals surface area contributed by atoms with Crippen LogP contribution in [0.15, 0.2) is 71.6 Å². The molecule has 1 saturated heterocycles. The van der Waals surface area contributed by atoms with Gasteiger partial charge < -0.3 is 15.0 Å². The van der Waals surface area contributed by atoms with E-state index in [0.29, 0.717) is 6.54 Å². The maximum atomic E-state index is 13.1. The molecule has 0 atom stereocenters. The average Bonchev–Trinajstić information content (AvgIpc) is 2.94. The topological polar surface area (TPSA) is 113 Å². The molecule has 0 aliphatic carbocycles. The molecule has 3 aromatic carbocycles. The molecule has 38 heavy (non-hydrogen) atoms. The molecule has 0 aromatic heterocycles. The van der Waals surface area contributed by atoms with E-state index in [1.165, 1.54) is 4.31 Å². The van der Waals surface area contributed by atoms with E-state index in [-0.39, 0.29) is 49.8 Å². The van der Waals surface area contributed by atoms with Crippen LogP contribution in [0.4, 0.5) is 0 Å². The maximum absolute atomic E-state index is 13.1. The quantitative estimate of drug-likeness (QED) is 0.420. The maximum Gasteiger partial charge on any atom is 0.306 e. The molecule has 10 heteroatoms. The van der Waals surface area contributed by atoms with Gasteiger partial charge in [-0.2, -0.15) is 4.31 Å². The molecule has 0 spiro atoms. The monoisotopic (exact) mass is 537 g/mol. The molecule has 1 heterocycles. The summed E-state index contributed by atoms with van der Waals surface area (Å²) in [6.07, 6.45) is -0.221. The molecular weight excluding hydrogens is 506 g/mol. The summed E-state index contributed by atoms with van der Waals surface area (Å²) in [6.45, 7) is 2.72. The second-order valence-corrected chi connectivity index (χ2v) is 11.2. The van der Waals surface area contributed by atoms with E-state index in [1.54, 1.807) is 23.1 Å². The molecule has 1 aliphatic heterocycles. The van der Waals surface area contributed by atoms with Crippen molar-refractivity contribution in [3.63, 3.8) is 0 Å². The van der Waals surface area contributed by atoms with E-state index >= 15 is 0 Å². The molecular formula is C28H31N3O6S. The molecule has 1 fully saturated rings. The van der Waals surface area contributed by atoms with Crippen LogP contribution in [-0.4, -0.2) is 68.2 Å². The zero-order valence-electron chi connectivity index (χ0n) is 21.3. The van der Waals surface area contributed by atoms with Gasteiger partial charge in [-0.1, -0.05) is 60.2 Å². The van der Waals surface area contributed by atoms with E-state index in [2.05, 4.69) is 5.32 Å². The summed E-state index contributed by atoms with van der Waals surface area (Å²) >= 11 is 0. The second-order valence-electron chi connectivity index (χ2n) is 9.22. The number of amides is 2. The second kappa shape index (κ2) is 12.2. The van der Waals surface area contributed by atoms with E-state index in [4.69, 9.17) is 4.74 Å². The lowest BCUT2D eigenvalue weighted by Gasteiger charge is -2.34. The standard InChI is InChI=1S/C28H31N3O6S/c1-21-6-8-22(9-7-21)19-29-26(32)20-37-28(34)13-12-27(33)30-14-16-31(17-15-30)38(35,36)25-11-10-23-4-2-3-5-24(23)18-25/h2-11,18H,12-17,19-20H2,1H3,(H,29,32). The predicted octanol–water partition coefficient (Wildman–Crippen LogP) is 2.62. The van der Waals surface area contributed by atoms with E-state index in [9.17, 15) is 22.8 Å². The minimum absolute atomic E-state index is 0.0682. The number of piperazine rings is 1. The number of aryl methyl sites for hydroxylation is 1. The van der Waals surface area contributed by atoms with Crippen molar-refractivity contribution in [2.45, 2.75) is 31.2 Å². The van der Waals surface area contributed by atoms with Gasteiger partial charge in [-0.25, -0.2) is 8.42 Å². The molecule has 200 valence electrons. The van der Waals surface area contributed by atoms with Crippen molar-refractivity contribution >= 4 is 38.6 Å². The van der Waals surface area contributed by atoms with Gasteiger partial charge in [0.15, 0.2) is 6.61 Å². The zero-order chi connectivity index (χ0) is 27.1. The lowest BCUT2D eigenvalue weighted by Crippen LogP contribution is -2.50. The Hall–Kier alpha value is -3.76. The molecule has 0 saturated carbocycles. The van der Waals surface area contributed by atoms with Crippen LogP contribution >= 0.6 is 0 Å². The Kier molecular flexibility index (Phi) is 8.75. The predicted molar refractivity (Wildman–Crippen MR) is 143 cm³/mol. The van der Waals surface area contributed by atoms with Crippen LogP contribution in [0.3, 0.4) is 0 Å². The first-order valence-corrected chi connectivity index (χ1v) is 13.9. The highest BCUT2D eigenvalue weighted by molar-refractivity contribution is 7.89. The number of carbonyl (C=O) groups excluding carboxylic acids is 3. The molecule has 9 nitrogen and oxygen atoms in total. The lowest BCUT2D eigenvalue weighted by atomic mass is 10.1. The van der Waals surface area contributed by atoms with Gasteiger partial charge in [-0.15, -0.1) is 0 Å². The number of carbonyl (C=O) groups is 3. The number of sulfonamides is 1. The molecule has 4 rings (SSSR count). The van der Waals surface area contributed by atoms with Crippen LogP contribution < -0.4 is 5.32 Å². The molecule has 1 aliphatic rings. The van der Waals surface area contributed by atoms with Gasteiger partial charge in [-0.05, 0) is 35.4 Å². The molecule has 0 radical (unpaired) electrons. The fraction of sp³-hybridized carbons (Fsp3) is 0.321. The van der Waals surface area contributed by atoms with Crippen molar-refractivity contribution in [2.75, 3.05) is 32.8 Å². The minimum Gasteiger partial charge on any atom is -0.456 e. The SMILES string of the molecule is Cc1ccc(CNC(=O)COC(=O)CCC(=O)N2CCN(S(=O)(=O)c3ccc4ccccc4c3)CC2)cc1. The average molecular weight is 538 g/mol. The Morgan fingerprint density at radius 1 is 0.868 bits per heavy atom. The zero-order valence-corrected chi connectivity index (χ0v) is 22.1. The summed E-state index contributed by atoms with van der Waals surface area (Å²) in [7, 11) is -3.69. The van der Waals surface area contributed by atoms with Gasteiger partial charge in [0.2, 0.25) is 15.9 Å². The van der Waals surface area contributed by atoms with E-state index in [0.717, 1.165) is 21.9 Å². The Bertz CT molecular complexity index is 1410. The summed E-state index contributed by atoms with van der Waals surface area (Å²) in [5.41, 5.74) is 2.06. The number of rotatable bonds is 9. The highest BCUT2D eigenvalue weighted by Gasteiger charge is 2.30. The molecule has 0 unspecified atom stereocenters. The number of hydrogen-bond donors (Lipinski definition) is 1. The number of hydrogen-bond acceptors (Lipinski definition) is 6. The third kappa shape index (κ3) is 6.96. The number of fused-ring (bicyclic) bond motifs is 1. The van der Waals surface area contributed by atoms with Crippen LogP contribution in [0.2, 0.25) is 0 Å². The van der Waals surface area contributed by atoms with Crippen LogP contribution in [0.5, 0.6) is 0 Å². The largest absolute Gasteiger partial charge is 0.456 e. The summed E-state index contributed by atoms with van der Waals surface area (Å²) in [5, 5.41) is 4.49. The van der Waals surface area contributed by atoms with Gasteiger partial charge in [-0.3, -0.25) is 14.4 Å². The fourth-order valence-corrected chi connectivity index (χ4v) is 5.66. The van der Waals surface area contributed by atoms with E-state index in [1.807, 2.05) is 55.5 Å². The lowest BCUT2D eigenvalue weighted by molar-refractivity contribution is -0.150. The Labute approximate surface area is 222 Å². The van der Waals surface area contributed by atoms with Gasteiger partial charge in [0.1, 0.15) is 0 Å². The van der Waals surface area contributed by atoms with E-state index < -0.39 is 28.5 Å². The first-order chi connectivity index (χ1) is 18.2. The smallest absolute Gasteiger partial charge is 0.306 e. The minimum atomic E-state index is -3.69. The number of nitrogens with zero attached hydrogens (tertiary/aromatic N) is 2. The summed E-state index contributed by atoms with van der Waals surface area (Å²) < 4.78 is 32.6. The molecule has 3 aromatic rings. The third-order valence-corrected chi connectivity index (χ3v) is 8.36. The van der Waals surface area contributed by atoms with Crippen molar-refractivity contribution in [3.05, 3.63) is 77.9 Å². The van der Waals surface area contributed by atoms with Gasteiger partial charge in [0.05, 0.1) is 11.3 Å². The molecule has 2 amide bonds. The number of esters is 1. The van der Waals surface area contributed by atoms with Crippen molar-refractivity contribution in [1.29, 1.82) is 0 Å². The van der Waals surface area contributed by atoms with Crippen molar-refractivity contribution in [1.82, 2.24) is 14.5 Å². The summed E-state index contributed by atoms with van der Waals surface area (Å²) in [4.78, 5) is 38.3. The third-order valence-electron chi connectivity index (χ3n) is 6.47.